The maximum Gasteiger partial charge on any atom is 0.258 e. The lowest BCUT2D eigenvalue weighted by atomic mass is 9.76. The summed E-state index contributed by atoms with van der Waals surface area (Å²) in [6, 6.07) is 17.7. The first-order valence-corrected chi connectivity index (χ1v) is 10.8. The summed E-state index contributed by atoms with van der Waals surface area (Å²) in [5.74, 6) is -0.00631. The Balaban J connectivity index is 1.46. The summed E-state index contributed by atoms with van der Waals surface area (Å²) in [6.45, 7) is 2.56. The topological polar surface area (TPSA) is 70.7 Å². The highest BCUT2D eigenvalue weighted by molar-refractivity contribution is 6.07. The summed E-state index contributed by atoms with van der Waals surface area (Å²) >= 11 is 0. The predicted octanol–water partition coefficient (Wildman–Crippen LogP) is 4.77. The van der Waals surface area contributed by atoms with Crippen molar-refractivity contribution in [1.82, 2.24) is 9.78 Å². The van der Waals surface area contributed by atoms with Crippen LogP contribution in [0.1, 0.15) is 47.3 Å². The number of anilines is 1. The van der Waals surface area contributed by atoms with Gasteiger partial charge in [-0.25, -0.2) is 4.68 Å². The van der Waals surface area contributed by atoms with Gasteiger partial charge in [-0.1, -0.05) is 23.4 Å². The van der Waals surface area contributed by atoms with Gasteiger partial charge in [-0.3, -0.25) is 4.79 Å². The second kappa shape index (κ2) is 7.69. The first-order valence-electron chi connectivity index (χ1n) is 10.8. The molecule has 3 aromatic rings. The third kappa shape index (κ3) is 3.42. The summed E-state index contributed by atoms with van der Waals surface area (Å²) in [5.41, 5.74) is 5.36. The minimum absolute atomic E-state index is 0.00631. The van der Waals surface area contributed by atoms with Crippen LogP contribution in [0.15, 0.2) is 65.9 Å². The van der Waals surface area contributed by atoms with Gasteiger partial charge in [0.25, 0.3) is 5.91 Å². The van der Waals surface area contributed by atoms with Crippen LogP contribution in [-0.2, 0) is 6.42 Å². The maximum atomic E-state index is 13.5. The van der Waals surface area contributed by atoms with E-state index in [-0.39, 0.29) is 11.3 Å². The second-order valence-electron chi connectivity index (χ2n) is 8.64. The lowest BCUT2D eigenvalue weighted by Crippen LogP contribution is -2.35. The predicted molar refractivity (Wildman–Crippen MR) is 120 cm³/mol. The van der Waals surface area contributed by atoms with Crippen molar-refractivity contribution < 1.29 is 10.0 Å². The molecule has 1 N–H and O–H groups in total. The Morgan fingerprint density at radius 1 is 1.10 bits per heavy atom. The number of hydrogen-bond donors (Lipinski definition) is 1. The summed E-state index contributed by atoms with van der Waals surface area (Å²) in [5, 5.41) is 17.7. The first-order chi connectivity index (χ1) is 15.1. The molecule has 6 nitrogen and oxygen atoms in total. The van der Waals surface area contributed by atoms with Crippen LogP contribution >= 0.6 is 0 Å². The van der Waals surface area contributed by atoms with Gasteiger partial charge in [0.15, 0.2) is 0 Å². The molecule has 5 rings (SSSR count). The Bertz CT molecular complexity index is 1150. The van der Waals surface area contributed by atoms with E-state index in [0.29, 0.717) is 12.1 Å². The molecule has 1 saturated carbocycles. The van der Waals surface area contributed by atoms with Gasteiger partial charge in [-0.15, -0.1) is 0 Å². The minimum atomic E-state index is -0.151. The molecule has 1 aromatic heterocycles. The number of oxime groups is 1. The van der Waals surface area contributed by atoms with Crippen molar-refractivity contribution >= 4 is 17.3 Å². The zero-order valence-corrected chi connectivity index (χ0v) is 17.7. The van der Waals surface area contributed by atoms with Crippen molar-refractivity contribution in [3.8, 4) is 5.69 Å². The van der Waals surface area contributed by atoms with E-state index in [2.05, 4.69) is 16.3 Å². The zero-order chi connectivity index (χ0) is 21.4. The van der Waals surface area contributed by atoms with Crippen molar-refractivity contribution in [3.05, 3.63) is 77.6 Å². The van der Waals surface area contributed by atoms with E-state index in [4.69, 9.17) is 0 Å². The Hall–Kier alpha value is -3.41. The molecule has 1 amide bonds. The van der Waals surface area contributed by atoms with Crippen molar-refractivity contribution in [3.63, 3.8) is 0 Å². The van der Waals surface area contributed by atoms with Gasteiger partial charge in [0, 0.05) is 29.4 Å². The van der Waals surface area contributed by atoms with Gasteiger partial charge < -0.3 is 10.1 Å². The van der Waals surface area contributed by atoms with E-state index in [0.717, 1.165) is 60.4 Å². The van der Waals surface area contributed by atoms with Crippen LogP contribution in [0.25, 0.3) is 5.69 Å². The van der Waals surface area contributed by atoms with Crippen LogP contribution in [0, 0.1) is 12.3 Å². The number of amides is 1. The summed E-state index contributed by atoms with van der Waals surface area (Å²) in [4.78, 5) is 15.4. The average molecular weight is 415 g/mol. The number of benzene rings is 2. The Kier molecular flexibility index (Phi) is 4.85. The SMILES string of the molecule is Cc1ccn(-c2ccc(C(=O)N3CCC4(CCC/C4=N\O)Cc4ccccc43)cc2)n1. The van der Waals surface area contributed by atoms with Gasteiger partial charge in [0.1, 0.15) is 0 Å². The number of nitrogens with zero attached hydrogens (tertiary/aromatic N) is 4. The van der Waals surface area contributed by atoms with Crippen molar-refractivity contribution in [2.75, 3.05) is 11.4 Å². The minimum Gasteiger partial charge on any atom is -0.411 e. The molecule has 1 fully saturated rings. The molecule has 158 valence electrons. The quantitative estimate of drug-likeness (QED) is 0.485. The average Bonchev–Trinajstić information content (AvgIpc) is 3.36. The number of hydrogen-bond acceptors (Lipinski definition) is 4. The molecule has 1 aliphatic carbocycles. The van der Waals surface area contributed by atoms with Gasteiger partial charge in [0.2, 0.25) is 0 Å². The fraction of sp³-hybridized carbons (Fsp3) is 0.320. The summed E-state index contributed by atoms with van der Waals surface area (Å²) in [7, 11) is 0. The fourth-order valence-electron chi connectivity index (χ4n) is 5.12. The van der Waals surface area contributed by atoms with Crippen molar-refractivity contribution in [1.29, 1.82) is 0 Å². The van der Waals surface area contributed by atoms with Crippen LogP contribution < -0.4 is 4.90 Å². The Morgan fingerprint density at radius 3 is 2.65 bits per heavy atom. The highest BCUT2D eigenvalue weighted by Gasteiger charge is 2.43. The molecule has 1 unspecified atom stereocenters. The normalized spacial score (nSPS) is 22.0. The summed E-state index contributed by atoms with van der Waals surface area (Å²) in [6.07, 6.45) is 6.39. The number of carbonyl (C=O) groups is 1. The lowest BCUT2D eigenvalue weighted by molar-refractivity contribution is 0.0985. The number of para-hydroxylation sites is 1. The van der Waals surface area contributed by atoms with Crippen LogP contribution in [0.3, 0.4) is 0 Å². The van der Waals surface area contributed by atoms with Crippen LogP contribution in [0.5, 0.6) is 0 Å². The number of aryl methyl sites for hydroxylation is 1. The molecule has 31 heavy (non-hydrogen) atoms. The largest absolute Gasteiger partial charge is 0.411 e. The maximum absolute atomic E-state index is 13.5. The molecule has 1 atom stereocenters. The molecule has 0 bridgehead atoms. The van der Waals surface area contributed by atoms with Gasteiger partial charge >= 0.3 is 0 Å². The molecule has 1 aliphatic heterocycles. The Morgan fingerprint density at radius 2 is 1.90 bits per heavy atom. The second-order valence-corrected chi connectivity index (χ2v) is 8.64. The van der Waals surface area contributed by atoms with E-state index in [1.807, 2.05) is 71.2 Å². The van der Waals surface area contributed by atoms with Crippen molar-refractivity contribution in [2.45, 2.75) is 39.0 Å². The third-order valence-corrected chi connectivity index (χ3v) is 6.77. The van der Waals surface area contributed by atoms with E-state index < -0.39 is 0 Å². The zero-order valence-electron chi connectivity index (χ0n) is 17.7. The van der Waals surface area contributed by atoms with Gasteiger partial charge in [-0.2, -0.15) is 5.10 Å². The van der Waals surface area contributed by atoms with E-state index in [1.165, 1.54) is 0 Å². The van der Waals surface area contributed by atoms with E-state index in [9.17, 15) is 10.0 Å². The number of aromatic nitrogens is 2. The van der Waals surface area contributed by atoms with E-state index >= 15 is 0 Å². The molecule has 6 heteroatoms. The Labute approximate surface area is 181 Å². The van der Waals surface area contributed by atoms with E-state index in [1.54, 1.807) is 0 Å². The number of fused-ring (bicyclic) bond motifs is 1. The standard InChI is InChI=1S/C25H26N4O2/c1-18-12-15-29(26-18)21-10-8-19(9-11-21)24(30)28-16-14-25(13-4-7-23(25)27-31)17-20-5-2-3-6-22(20)28/h2-3,5-6,8-12,15,31H,4,7,13-14,16-17H2,1H3/b27-23+. The summed E-state index contributed by atoms with van der Waals surface area (Å²) < 4.78 is 1.81. The molecule has 0 radical (unpaired) electrons. The molecule has 0 saturated heterocycles. The van der Waals surface area contributed by atoms with Crippen LogP contribution in [0.4, 0.5) is 5.69 Å². The van der Waals surface area contributed by atoms with Crippen LogP contribution in [0.2, 0.25) is 0 Å². The molecular formula is C25H26N4O2. The first kappa shape index (κ1) is 19.5. The number of rotatable bonds is 2. The lowest BCUT2D eigenvalue weighted by Gasteiger charge is -2.28. The molecule has 2 heterocycles. The van der Waals surface area contributed by atoms with Gasteiger partial charge in [-0.05, 0) is 81.0 Å². The van der Waals surface area contributed by atoms with Crippen molar-refractivity contribution in [2.24, 2.45) is 10.6 Å². The molecule has 2 aliphatic rings. The number of carbonyl (C=O) groups excluding carboxylic acids is 1. The van der Waals surface area contributed by atoms with Crippen LogP contribution in [-0.4, -0.2) is 33.2 Å². The molecular weight excluding hydrogens is 388 g/mol. The fourth-order valence-corrected chi connectivity index (χ4v) is 5.12. The third-order valence-electron chi connectivity index (χ3n) is 6.77. The highest BCUT2D eigenvalue weighted by Crippen LogP contribution is 2.46. The van der Waals surface area contributed by atoms with Gasteiger partial charge in [0.05, 0.1) is 17.1 Å². The molecule has 1 spiro atoms. The smallest absolute Gasteiger partial charge is 0.258 e. The highest BCUT2D eigenvalue weighted by atomic mass is 16.4. The molecule has 2 aromatic carbocycles. The monoisotopic (exact) mass is 414 g/mol.